The first-order valence-electron chi connectivity index (χ1n) is 12.8. The molecule has 1 aromatic heterocycles. The van der Waals surface area contributed by atoms with Crippen LogP contribution in [0.25, 0.3) is 0 Å². The van der Waals surface area contributed by atoms with Gasteiger partial charge < -0.3 is 15.0 Å². The van der Waals surface area contributed by atoms with Crippen molar-refractivity contribution in [2.45, 2.75) is 46.4 Å². The largest absolute Gasteiger partial charge is 0.444 e. The van der Waals surface area contributed by atoms with E-state index >= 15 is 0 Å². The molecule has 0 fully saturated rings. The molecule has 0 bridgehead atoms. The number of nitro groups is 1. The van der Waals surface area contributed by atoms with Crippen LogP contribution in [0.5, 0.6) is 0 Å². The summed E-state index contributed by atoms with van der Waals surface area (Å²) in [6.45, 7) is 8.06. The highest BCUT2D eigenvalue weighted by Crippen LogP contribution is 2.30. The number of aryl methyl sites for hydroxylation is 1. The van der Waals surface area contributed by atoms with Gasteiger partial charge in [-0.2, -0.15) is 4.98 Å². The Morgan fingerprint density at radius 1 is 0.950 bits per heavy atom. The predicted octanol–water partition coefficient (Wildman–Crippen LogP) is 6.99. The maximum atomic E-state index is 12.3. The molecule has 0 saturated heterocycles. The number of carbonyl (C=O) groups is 1. The van der Waals surface area contributed by atoms with Crippen molar-refractivity contribution in [2.75, 3.05) is 15.5 Å². The quantitative estimate of drug-likeness (QED) is 0.172. The molecule has 2 N–H and O–H groups in total. The van der Waals surface area contributed by atoms with E-state index in [1.165, 1.54) is 6.20 Å². The van der Waals surface area contributed by atoms with E-state index in [4.69, 9.17) is 4.74 Å². The summed E-state index contributed by atoms with van der Waals surface area (Å²) in [5.74, 6) is 0.371. The molecule has 0 aliphatic heterocycles. The average molecular weight is 541 g/mol. The molecule has 1 amide bonds. The summed E-state index contributed by atoms with van der Waals surface area (Å²) >= 11 is 0. The van der Waals surface area contributed by atoms with Crippen molar-refractivity contribution >= 4 is 34.9 Å². The van der Waals surface area contributed by atoms with Gasteiger partial charge in [-0.15, -0.1) is 0 Å². The zero-order valence-electron chi connectivity index (χ0n) is 22.9. The third-order valence-electron chi connectivity index (χ3n) is 5.66. The second kappa shape index (κ2) is 12.2. The lowest BCUT2D eigenvalue weighted by Crippen LogP contribution is -2.27. The number of ether oxygens (including phenoxy) is 1. The number of amides is 1. The first kappa shape index (κ1) is 28.0. The molecule has 4 rings (SSSR count). The molecule has 0 atom stereocenters. The molecule has 0 aliphatic rings. The highest BCUT2D eigenvalue weighted by Gasteiger charge is 2.24. The first-order valence-corrected chi connectivity index (χ1v) is 12.8. The number of hydrogen-bond donors (Lipinski definition) is 2. The highest BCUT2D eigenvalue weighted by atomic mass is 16.6. The molecule has 0 spiro atoms. The average Bonchev–Trinajstić information content (AvgIpc) is 2.88. The zero-order valence-corrected chi connectivity index (χ0v) is 22.9. The summed E-state index contributed by atoms with van der Waals surface area (Å²) < 4.78 is 5.35. The Kier molecular flexibility index (Phi) is 8.58. The lowest BCUT2D eigenvalue weighted by atomic mass is 10.1. The summed E-state index contributed by atoms with van der Waals surface area (Å²) in [5.41, 5.74) is 3.12. The number of hydrogen-bond acceptors (Lipinski definition) is 8. The Hall–Kier alpha value is -4.99. The summed E-state index contributed by atoms with van der Waals surface area (Å²) in [6.07, 6.45) is 0.638. The molecule has 10 nitrogen and oxygen atoms in total. The van der Waals surface area contributed by atoms with Crippen molar-refractivity contribution in [1.29, 1.82) is 0 Å². The number of nitrogens with zero attached hydrogens (tertiary/aromatic N) is 4. The lowest BCUT2D eigenvalue weighted by Gasteiger charge is -2.24. The van der Waals surface area contributed by atoms with Gasteiger partial charge in [0.1, 0.15) is 11.8 Å². The normalized spacial score (nSPS) is 11.0. The summed E-state index contributed by atoms with van der Waals surface area (Å²) in [6, 6.07) is 24.8. The van der Waals surface area contributed by atoms with E-state index < -0.39 is 16.6 Å². The van der Waals surface area contributed by atoms with Gasteiger partial charge in [0.15, 0.2) is 0 Å². The molecule has 0 unspecified atom stereocenters. The molecule has 1 heterocycles. The van der Waals surface area contributed by atoms with Crippen LogP contribution in [0, 0.1) is 17.0 Å². The molecule has 0 saturated carbocycles. The Morgan fingerprint density at radius 3 is 2.08 bits per heavy atom. The van der Waals surface area contributed by atoms with Crippen LogP contribution in [0.2, 0.25) is 0 Å². The van der Waals surface area contributed by atoms with Gasteiger partial charge >= 0.3 is 11.8 Å². The van der Waals surface area contributed by atoms with E-state index in [9.17, 15) is 14.9 Å². The van der Waals surface area contributed by atoms with Gasteiger partial charge in [0, 0.05) is 24.5 Å². The van der Waals surface area contributed by atoms with E-state index in [1.54, 1.807) is 32.9 Å². The third-order valence-corrected chi connectivity index (χ3v) is 5.66. The van der Waals surface area contributed by atoms with Gasteiger partial charge in [-0.05, 0) is 62.6 Å². The van der Waals surface area contributed by atoms with Crippen molar-refractivity contribution < 1.29 is 14.5 Å². The minimum atomic E-state index is -0.636. The van der Waals surface area contributed by atoms with Crippen LogP contribution in [-0.4, -0.2) is 26.6 Å². The number of rotatable bonds is 9. The molecule has 206 valence electrons. The van der Waals surface area contributed by atoms with Crippen molar-refractivity contribution in [1.82, 2.24) is 9.97 Å². The molecular weight excluding hydrogens is 508 g/mol. The minimum absolute atomic E-state index is 0.181. The molecule has 10 heteroatoms. The summed E-state index contributed by atoms with van der Waals surface area (Å²) in [5, 5.41) is 17.9. The van der Waals surface area contributed by atoms with Gasteiger partial charge in [-0.25, -0.2) is 9.78 Å². The maximum absolute atomic E-state index is 12.3. The smallest absolute Gasteiger partial charge is 0.412 e. The number of anilines is 4. The zero-order chi connectivity index (χ0) is 28.7. The van der Waals surface area contributed by atoms with Gasteiger partial charge in [0.2, 0.25) is 11.8 Å². The minimum Gasteiger partial charge on any atom is -0.444 e. The van der Waals surface area contributed by atoms with E-state index in [1.807, 2.05) is 78.6 Å². The van der Waals surface area contributed by atoms with E-state index in [2.05, 4.69) is 20.6 Å². The lowest BCUT2D eigenvalue weighted by molar-refractivity contribution is -0.384. The van der Waals surface area contributed by atoms with E-state index in [0.29, 0.717) is 24.5 Å². The van der Waals surface area contributed by atoms with Crippen LogP contribution < -0.4 is 15.5 Å². The van der Waals surface area contributed by atoms with Crippen molar-refractivity contribution in [3.8, 4) is 0 Å². The fraction of sp³-hybridized carbons (Fsp3) is 0.233. The molecule has 4 aromatic rings. The fourth-order valence-corrected chi connectivity index (χ4v) is 4.08. The Bertz CT molecular complexity index is 1430. The number of nitrogens with one attached hydrogen (secondary N) is 2. The highest BCUT2D eigenvalue weighted by molar-refractivity contribution is 5.86. The predicted molar refractivity (Wildman–Crippen MR) is 156 cm³/mol. The molecule has 40 heavy (non-hydrogen) atoms. The van der Waals surface area contributed by atoms with Crippen molar-refractivity contribution in [3.05, 3.63) is 112 Å². The second-order valence-corrected chi connectivity index (χ2v) is 10.3. The van der Waals surface area contributed by atoms with Crippen LogP contribution >= 0.6 is 0 Å². The van der Waals surface area contributed by atoms with Crippen molar-refractivity contribution in [2.24, 2.45) is 0 Å². The fourth-order valence-electron chi connectivity index (χ4n) is 4.08. The summed E-state index contributed by atoms with van der Waals surface area (Å²) in [7, 11) is 0. The standard InChI is InChI=1S/C30H32N6O4/c1-21-15-24(17-25(16-21)33-29(37)40-30(2,3)4)32-28-31-18-26(36(38)39)27(34-28)35(19-22-11-7-5-8-12-22)20-23-13-9-6-10-14-23/h5-18H,19-20H2,1-4H3,(H,33,37)(H,31,32,34). The van der Waals surface area contributed by atoms with Gasteiger partial charge in [0.05, 0.1) is 4.92 Å². The molecule has 0 radical (unpaired) electrons. The maximum Gasteiger partial charge on any atom is 0.412 e. The third kappa shape index (κ3) is 8.00. The van der Waals surface area contributed by atoms with Crippen LogP contribution in [0.4, 0.5) is 33.6 Å². The first-order chi connectivity index (χ1) is 19.1. The van der Waals surface area contributed by atoms with Gasteiger partial charge in [-0.1, -0.05) is 60.7 Å². The Morgan fingerprint density at radius 2 is 1.52 bits per heavy atom. The summed E-state index contributed by atoms with van der Waals surface area (Å²) in [4.78, 5) is 34.5. The number of carbonyl (C=O) groups excluding carboxylic acids is 1. The van der Waals surface area contributed by atoms with Crippen LogP contribution in [-0.2, 0) is 17.8 Å². The van der Waals surface area contributed by atoms with Crippen LogP contribution in [0.3, 0.4) is 0 Å². The monoisotopic (exact) mass is 540 g/mol. The van der Waals surface area contributed by atoms with E-state index in [0.717, 1.165) is 16.7 Å². The van der Waals surface area contributed by atoms with Crippen molar-refractivity contribution in [3.63, 3.8) is 0 Å². The second-order valence-electron chi connectivity index (χ2n) is 10.3. The molecular formula is C30H32N6O4. The van der Waals surface area contributed by atoms with E-state index in [-0.39, 0.29) is 17.5 Å². The topological polar surface area (TPSA) is 123 Å². The molecule has 0 aliphatic carbocycles. The van der Waals surface area contributed by atoms with Gasteiger partial charge in [-0.3, -0.25) is 15.4 Å². The Balaban J connectivity index is 1.66. The van der Waals surface area contributed by atoms with Crippen LogP contribution in [0.1, 0.15) is 37.5 Å². The Labute approximate surface area is 233 Å². The molecule has 3 aromatic carbocycles. The van der Waals surface area contributed by atoms with Crippen LogP contribution in [0.15, 0.2) is 85.1 Å². The number of aromatic nitrogens is 2. The SMILES string of the molecule is Cc1cc(NC(=O)OC(C)(C)C)cc(Nc2ncc([N+](=O)[O-])c(N(Cc3ccccc3)Cc3ccccc3)n2)c1. The van der Waals surface area contributed by atoms with Gasteiger partial charge in [0.25, 0.3) is 0 Å². The number of benzene rings is 3.